The summed E-state index contributed by atoms with van der Waals surface area (Å²) in [6.07, 6.45) is 8.48. The highest BCUT2D eigenvalue weighted by atomic mass is 35.5. The zero-order valence-corrected chi connectivity index (χ0v) is 6.66. The predicted molar refractivity (Wildman–Crippen MR) is 41.9 cm³/mol. The van der Waals surface area contributed by atoms with E-state index in [9.17, 15) is 0 Å². The molecule has 1 aliphatic rings. The minimum Gasteiger partial charge on any atom is -0.127 e. The van der Waals surface area contributed by atoms with Gasteiger partial charge in [0.25, 0.3) is 0 Å². The molecule has 0 heterocycles. The van der Waals surface area contributed by atoms with Crippen LogP contribution in [0.1, 0.15) is 38.5 Å². The van der Waals surface area contributed by atoms with Crippen LogP contribution in [0.4, 0.5) is 0 Å². The predicted octanol–water partition coefficient (Wildman–Crippen LogP) is 3.20. The number of alkyl halides is 1. The molecule has 1 saturated carbocycles. The molecule has 0 saturated heterocycles. The van der Waals surface area contributed by atoms with E-state index in [-0.39, 0.29) is 0 Å². The van der Waals surface area contributed by atoms with E-state index in [1.165, 1.54) is 38.5 Å². The van der Waals surface area contributed by atoms with Crippen molar-refractivity contribution >= 4 is 11.6 Å². The molecule has 0 bridgehead atoms. The molecule has 0 aliphatic heterocycles. The monoisotopic (exact) mass is 146 g/mol. The van der Waals surface area contributed by atoms with Crippen molar-refractivity contribution in [2.75, 3.05) is 5.88 Å². The molecule has 0 unspecified atom stereocenters. The molecule has 0 aromatic rings. The number of hydrogen-bond donors (Lipinski definition) is 0. The van der Waals surface area contributed by atoms with Gasteiger partial charge in [0.15, 0.2) is 0 Å². The molecule has 0 aromatic carbocycles. The van der Waals surface area contributed by atoms with E-state index in [0.717, 1.165) is 11.8 Å². The summed E-state index contributed by atoms with van der Waals surface area (Å²) in [5, 5.41) is 0. The molecular weight excluding hydrogens is 132 g/mol. The van der Waals surface area contributed by atoms with Crippen LogP contribution in [0, 0.1) is 5.92 Å². The first kappa shape index (κ1) is 7.40. The van der Waals surface area contributed by atoms with Crippen LogP contribution in [-0.2, 0) is 0 Å². The highest BCUT2D eigenvalue weighted by Gasteiger charge is 2.13. The minimum absolute atomic E-state index is 0.858. The molecule has 0 N–H and O–H groups in total. The van der Waals surface area contributed by atoms with Gasteiger partial charge in [-0.3, -0.25) is 0 Å². The molecule has 1 aliphatic carbocycles. The largest absolute Gasteiger partial charge is 0.127 e. The highest BCUT2D eigenvalue weighted by Crippen LogP contribution is 2.28. The molecular formula is C8H15Cl. The fourth-order valence-electron chi connectivity index (χ4n) is 1.66. The van der Waals surface area contributed by atoms with Crippen molar-refractivity contribution in [1.29, 1.82) is 0 Å². The molecule has 0 atom stereocenters. The Labute approximate surface area is 62.6 Å². The second kappa shape index (κ2) is 4.16. The van der Waals surface area contributed by atoms with E-state index in [4.69, 9.17) is 11.6 Å². The molecule has 1 heteroatoms. The summed E-state index contributed by atoms with van der Waals surface area (Å²) < 4.78 is 0. The topological polar surface area (TPSA) is 0 Å². The Morgan fingerprint density at radius 1 is 1.22 bits per heavy atom. The van der Waals surface area contributed by atoms with Gasteiger partial charge in [-0.15, -0.1) is 11.6 Å². The second-order valence-electron chi connectivity index (χ2n) is 2.98. The van der Waals surface area contributed by atoms with Crippen molar-refractivity contribution in [2.24, 2.45) is 5.92 Å². The van der Waals surface area contributed by atoms with Gasteiger partial charge in [-0.05, 0) is 18.8 Å². The Hall–Kier alpha value is 0.290. The lowest BCUT2D eigenvalue weighted by Gasteiger charge is -2.04. The van der Waals surface area contributed by atoms with Crippen LogP contribution in [0.3, 0.4) is 0 Å². The molecule has 9 heavy (non-hydrogen) atoms. The van der Waals surface area contributed by atoms with Crippen LogP contribution in [0.25, 0.3) is 0 Å². The van der Waals surface area contributed by atoms with Crippen molar-refractivity contribution in [3.63, 3.8) is 0 Å². The molecule has 0 nitrogen and oxygen atoms in total. The van der Waals surface area contributed by atoms with Crippen LogP contribution >= 0.6 is 11.6 Å². The van der Waals surface area contributed by atoms with E-state index >= 15 is 0 Å². The summed E-state index contributed by atoms with van der Waals surface area (Å²) in [4.78, 5) is 0. The zero-order valence-electron chi connectivity index (χ0n) is 5.91. The van der Waals surface area contributed by atoms with Gasteiger partial charge in [-0.2, -0.15) is 0 Å². The Bertz CT molecular complexity index is 65.0. The Kier molecular flexibility index (Phi) is 3.42. The lowest BCUT2D eigenvalue weighted by atomic mass is 10.0. The van der Waals surface area contributed by atoms with E-state index in [0.29, 0.717) is 0 Å². The van der Waals surface area contributed by atoms with Crippen molar-refractivity contribution in [3.8, 4) is 0 Å². The Balaban J connectivity index is 1.98. The van der Waals surface area contributed by atoms with Crippen molar-refractivity contribution in [2.45, 2.75) is 38.5 Å². The van der Waals surface area contributed by atoms with E-state index in [2.05, 4.69) is 0 Å². The summed E-state index contributed by atoms with van der Waals surface area (Å²) >= 11 is 5.58. The van der Waals surface area contributed by atoms with Crippen molar-refractivity contribution in [3.05, 3.63) is 0 Å². The average molecular weight is 147 g/mol. The van der Waals surface area contributed by atoms with Crippen molar-refractivity contribution < 1.29 is 0 Å². The second-order valence-corrected chi connectivity index (χ2v) is 3.36. The molecule has 0 amide bonds. The van der Waals surface area contributed by atoms with Crippen LogP contribution in [-0.4, -0.2) is 5.88 Å². The summed E-state index contributed by atoms with van der Waals surface area (Å²) in [5.41, 5.74) is 0. The standard InChI is InChI=1S/C8H15Cl/c9-7-3-6-8-4-1-2-5-8/h8H,1-7H2. The maximum absolute atomic E-state index is 5.58. The fraction of sp³-hybridized carbons (Fsp3) is 1.00. The summed E-state index contributed by atoms with van der Waals surface area (Å²) in [7, 11) is 0. The SMILES string of the molecule is ClCCCC1CCCC1. The first-order chi connectivity index (χ1) is 4.43. The Morgan fingerprint density at radius 2 is 1.89 bits per heavy atom. The third kappa shape index (κ3) is 2.57. The van der Waals surface area contributed by atoms with Gasteiger partial charge in [0.05, 0.1) is 0 Å². The zero-order chi connectivity index (χ0) is 6.53. The van der Waals surface area contributed by atoms with E-state index in [1.807, 2.05) is 0 Å². The highest BCUT2D eigenvalue weighted by molar-refractivity contribution is 6.17. The number of hydrogen-bond acceptors (Lipinski definition) is 0. The summed E-state index contributed by atoms with van der Waals surface area (Å²) in [6, 6.07) is 0. The van der Waals surface area contributed by atoms with E-state index < -0.39 is 0 Å². The van der Waals surface area contributed by atoms with Crippen LogP contribution in [0.2, 0.25) is 0 Å². The van der Waals surface area contributed by atoms with Gasteiger partial charge in [0.1, 0.15) is 0 Å². The molecule has 1 fully saturated rings. The maximum Gasteiger partial charge on any atom is 0.0223 e. The maximum atomic E-state index is 5.58. The van der Waals surface area contributed by atoms with E-state index in [1.54, 1.807) is 0 Å². The normalized spacial score (nSPS) is 21.0. The first-order valence-electron chi connectivity index (χ1n) is 3.99. The lowest BCUT2D eigenvalue weighted by molar-refractivity contribution is 0.498. The van der Waals surface area contributed by atoms with Gasteiger partial charge in [0.2, 0.25) is 0 Å². The van der Waals surface area contributed by atoms with Gasteiger partial charge in [0, 0.05) is 5.88 Å². The van der Waals surface area contributed by atoms with Gasteiger partial charge in [-0.1, -0.05) is 25.7 Å². The van der Waals surface area contributed by atoms with Crippen LogP contribution in [0.15, 0.2) is 0 Å². The number of halogens is 1. The molecule has 54 valence electrons. The Morgan fingerprint density at radius 3 is 2.44 bits per heavy atom. The van der Waals surface area contributed by atoms with Crippen LogP contribution in [0.5, 0.6) is 0 Å². The van der Waals surface area contributed by atoms with Crippen molar-refractivity contribution in [1.82, 2.24) is 0 Å². The summed E-state index contributed by atoms with van der Waals surface area (Å²) in [6.45, 7) is 0. The first-order valence-corrected chi connectivity index (χ1v) is 4.53. The van der Waals surface area contributed by atoms with Gasteiger partial charge >= 0.3 is 0 Å². The molecule has 1 rings (SSSR count). The third-order valence-electron chi connectivity index (χ3n) is 2.22. The van der Waals surface area contributed by atoms with Gasteiger partial charge in [-0.25, -0.2) is 0 Å². The lowest BCUT2D eigenvalue weighted by Crippen LogP contribution is -1.92. The third-order valence-corrected chi connectivity index (χ3v) is 2.49. The quantitative estimate of drug-likeness (QED) is 0.537. The average Bonchev–Trinajstić information content (AvgIpc) is 2.34. The molecule has 0 spiro atoms. The van der Waals surface area contributed by atoms with Gasteiger partial charge < -0.3 is 0 Å². The van der Waals surface area contributed by atoms with Crippen LogP contribution < -0.4 is 0 Å². The smallest absolute Gasteiger partial charge is 0.0223 e. The number of rotatable bonds is 3. The molecule has 0 aromatic heterocycles. The summed E-state index contributed by atoms with van der Waals surface area (Å²) in [5.74, 6) is 1.89. The fourth-order valence-corrected chi connectivity index (χ4v) is 1.82. The molecule has 0 radical (unpaired) electrons. The minimum atomic E-state index is 0.858.